The molecule has 1 aliphatic heterocycles. The molecule has 1 aliphatic rings. The monoisotopic (exact) mass is 313 g/mol. The Balaban J connectivity index is 1.74. The van der Waals surface area contributed by atoms with Gasteiger partial charge in [-0.15, -0.1) is 0 Å². The van der Waals surface area contributed by atoms with Crippen molar-refractivity contribution in [2.75, 3.05) is 5.32 Å². The van der Waals surface area contributed by atoms with Crippen LogP contribution in [-0.2, 0) is 9.31 Å². The lowest BCUT2D eigenvalue weighted by Gasteiger charge is -2.32. The molecule has 23 heavy (non-hydrogen) atoms. The number of aromatic nitrogens is 2. The molecule has 0 radical (unpaired) electrons. The Morgan fingerprint density at radius 3 is 2.22 bits per heavy atom. The van der Waals surface area contributed by atoms with E-state index in [9.17, 15) is 4.79 Å². The molecule has 1 fully saturated rings. The zero-order chi connectivity index (χ0) is 16.7. The summed E-state index contributed by atoms with van der Waals surface area (Å²) in [4.78, 5) is 17.9. The second-order valence-electron chi connectivity index (χ2n) is 6.62. The molecule has 6 nitrogen and oxygen atoms in total. The first kappa shape index (κ1) is 15.8. The lowest BCUT2D eigenvalue weighted by molar-refractivity contribution is 0.00578. The van der Waals surface area contributed by atoms with Crippen LogP contribution in [0.3, 0.4) is 0 Å². The van der Waals surface area contributed by atoms with Crippen LogP contribution < -0.4 is 16.3 Å². The molecule has 2 aromatic rings. The fourth-order valence-electron chi connectivity index (χ4n) is 2.27. The predicted molar refractivity (Wildman–Crippen MR) is 90.3 cm³/mol. The van der Waals surface area contributed by atoms with Gasteiger partial charge in [0.1, 0.15) is 0 Å². The van der Waals surface area contributed by atoms with Crippen molar-refractivity contribution < 1.29 is 9.31 Å². The third-order valence-electron chi connectivity index (χ3n) is 4.37. The summed E-state index contributed by atoms with van der Waals surface area (Å²) in [5, 5.41) is 3.05. The second kappa shape index (κ2) is 5.51. The molecule has 0 atom stereocenters. The smallest absolute Gasteiger partial charge is 0.399 e. The van der Waals surface area contributed by atoms with Crippen molar-refractivity contribution in [3.63, 3.8) is 0 Å². The van der Waals surface area contributed by atoms with Gasteiger partial charge < -0.3 is 14.6 Å². The fourth-order valence-corrected chi connectivity index (χ4v) is 2.27. The highest BCUT2D eigenvalue weighted by molar-refractivity contribution is 6.62. The normalized spacial score (nSPS) is 18.9. The summed E-state index contributed by atoms with van der Waals surface area (Å²) in [6.07, 6.45) is 1.46. The van der Waals surface area contributed by atoms with Crippen molar-refractivity contribution >= 4 is 24.2 Å². The largest absolute Gasteiger partial charge is 0.494 e. The highest BCUT2D eigenvalue weighted by atomic mass is 16.7. The van der Waals surface area contributed by atoms with Crippen LogP contribution in [0.1, 0.15) is 27.7 Å². The molecule has 1 saturated heterocycles. The molecule has 0 amide bonds. The van der Waals surface area contributed by atoms with E-state index < -0.39 is 0 Å². The van der Waals surface area contributed by atoms with Crippen molar-refractivity contribution in [1.29, 1.82) is 0 Å². The molecule has 120 valence electrons. The fraction of sp³-hybridized carbons (Fsp3) is 0.375. The quantitative estimate of drug-likeness (QED) is 0.845. The van der Waals surface area contributed by atoms with E-state index in [-0.39, 0.29) is 23.9 Å². The van der Waals surface area contributed by atoms with E-state index in [2.05, 4.69) is 15.3 Å². The molecular formula is C16H20BN3O3. The summed E-state index contributed by atoms with van der Waals surface area (Å²) in [6, 6.07) is 9.03. The third kappa shape index (κ3) is 3.16. The Kier molecular flexibility index (Phi) is 3.78. The maximum Gasteiger partial charge on any atom is 0.494 e. The van der Waals surface area contributed by atoms with E-state index >= 15 is 0 Å². The van der Waals surface area contributed by atoms with Crippen LogP contribution >= 0.6 is 0 Å². The molecule has 1 aromatic carbocycles. The number of benzene rings is 1. The van der Waals surface area contributed by atoms with Crippen LogP contribution in [0.15, 0.2) is 41.3 Å². The Hall–Kier alpha value is -2.12. The third-order valence-corrected chi connectivity index (χ3v) is 4.37. The molecule has 0 saturated carbocycles. The van der Waals surface area contributed by atoms with Crippen molar-refractivity contribution in [2.45, 2.75) is 38.9 Å². The number of hydrogen-bond donors (Lipinski definition) is 2. The summed E-state index contributed by atoms with van der Waals surface area (Å²) >= 11 is 0. The molecule has 0 bridgehead atoms. The zero-order valence-electron chi connectivity index (χ0n) is 13.7. The van der Waals surface area contributed by atoms with Crippen LogP contribution in [-0.4, -0.2) is 28.3 Å². The second-order valence-corrected chi connectivity index (χ2v) is 6.62. The number of anilines is 2. The van der Waals surface area contributed by atoms with Crippen molar-refractivity contribution in [1.82, 2.24) is 9.97 Å². The van der Waals surface area contributed by atoms with E-state index in [1.807, 2.05) is 52.0 Å². The first-order valence-electron chi connectivity index (χ1n) is 7.55. The number of nitrogens with one attached hydrogen (secondary N) is 2. The number of H-pyrrole nitrogens is 1. The first-order chi connectivity index (χ1) is 10.8. The minimum absolute atomic E-state index is 0.198. The average Bonchev–Trinajstić information content (AvgIpc) is 2.68. The number of nitrogens with zero attached hydrogens (tertiary/aromatic N) is 1. The molecule has 3 rings (SSSR count). The van der Waals surface area contributed by atoms with Gasteiger partial charge in [-0.25, -0.2) is 4.98 Å². The molecule has 2 N–H and O–H groups in total. The Bertz CT molecular complexity index is 740. The maximum atomic E-state index is 11.3. The van der Waals surface area contributed by atoms with Gasteiger partial charge >= 0.3 is 7.12 Å². The van der Waals surface area contributed by atoms with E-state index in [1.54, 1.807) is 0 Å². The van der Waals surface area contributed by atoms with Gasteiger partial charge in [-0.2, -0.15) is 0 Å². The van der Waals surface area contributed by atoms with Crippen LogP contribution in [0.2, 0.25) is 0 Å². The Morgan fingerprint density at radius 1 is 1.04 bits per heavy atom. The maximum absolute atomic E-state index is 11.3. The topological polar surface area (TPSA) is 76.2 Å². The predicted octanol–water partition coefficient (Wildman–Crippen LogP) is 1.81. The van der Waals surface area contributed by atoms with Crippen LogP contribution in [0.25, 0.3) is 0 Å². The van der Waals surface area contributed by atoms with Gasteiger partial charge in [0.2, 0.25) is 5.95 Å². The average molecular weight is 313 g/mol. The minimum Gasteiger partial charge on any atom is -0.399 e. The van der Waals surface area contributed by atoms with Crippen LogP contribution in [0, 0.1) is 0 Å². The summed E-state index contributed by atoms with van der Waals surface area (Å²) < 4.78 is 12.0. The van der Waals surface area contributed by atoms with Crippen molar-refractivity contribution in [3.8, 4) is 0 Å². The lowest BCUT2D eigenvalue weighted by Crippen LogP contribution is -2.41. The minimum atomic E-state index is -0.385. The highest BCUT2D eigenvalue weighted by Crippen LogP contribution is 2.36. The van der Waals surface area contributed by atoms with E-state index in [4.69, 9.17) is 9.31 Å². The van der Waals surface area contributed by atoms with Crippen LogP contribution in [0.4, 0.5) is 11.6 Å². The number of hydrogen-bond acceptors (Lipinski definition) is 5. The molecular weight excluding hydrogens is 293 g/mol. The zero-order valence-corrected chi connectivity index (χ0v) is 13.7. The number of rotatable bonds is 3. The summed E-state index contributed by atoms with van der Waals surface area (Å²) in [5.74, 6) is 0.404. The molecule has 2 heterocycles. The van der Waals surface area contributed by atoms with Gasteiger partial charge in [0.15, 0.2) is 0 Å². The van der Waals surface area contributed by atoms with Gasteiger partial charge in [0.05, 0.1) is 11.2 Å². The van der Waals surface area contributed by atoms with Gasteiger partial charge in [0.25, 0.3) is 5.56 Å². The summed E-state index contributed by atoms with van der Waals surface area (Å²) in [6.45, 7) is 8.11. The van der Waals surface area contributed by atoms with E-state index in [1.165, 1.54) is 12.3 Å². The molecule has 0 aliphatic carbocycles. The molecule has 1 aromatic heterocycles. The van der Waals surface area contributed by atoms with E-state index in [0.717, 1.165) is 11.2 Å². The molecule has 0 spiro atoms. The van der Waals surface area contributed by atoms with Crippen LogP contribution in [0.5, 0.6) is 0 Å². The number of aromatic amines is 1. The Morgan fingerprint density at radius 2 is 1.65 bits per heavy atom. The van der Waals surface area contributed by atoms with Gasteiger partial charge in [-0.3, -0.25) is 9.78 Å². The van der Waals surface area contributed by atoms with Gasteiger partial charge in [-0.1, -0.05) is 12.1 Å². The highest BCUT2D eigenvalue weighted by Gasteiger charge is 2.51. The van der Waals surface area contributed by atoms with Crippen molar-refractivity contribution in [2.24, 2.45) is 0 Å². The van der Waals surface area contributed by atoms with Gasteiger partial charge in [-0.05, 0) is 45.3 Å². The lowest BCUT2D eigenvalue weighted by atomic mass is 9.79. The molecule has 7 heteroatoms. The summed E-state index contributed by atoms with van der Waals surface area (Å²) in [5.41, 5.74) is 0.851. The van der Waals surface area contributed by atoms with E-state index in [0.29, 0.717) is 5.95 Å². The first-order valence-corrected chi connectivity index (χ1v) is 7.55. The van der Waals surface area contributed by atoms with Crippen molar-refractivity contribution in [3.05, 3.63) is 46.9 Å². The molecule has 0 unspecified atom stereocenters. The Labute approximate surface area is 135 Å². The van der Waals surface area contributed by atoms with Gasteiger partial charge in [0, 0.05) is 18.0 Å². The summed E-state index contributed by atoms with van der Waals surface area (Å²) in [7, 11) is -0.385. The standard InChI is InChI=1S/C16H20BN3O3/c1-15(2)16(3,4)23-17(22-15)11-5-7-12(8-6-11)19-14-18-10-9-13(21)20-14/h5-10H,1-4H3,(H2,18,19,20,21). The SMILES string of the molecule is CC1(C)OB(c2ccc(Nc3nccc(=O)[nH]3)cc2)OC1(C)C.